The second-order valence-corrected chi connectivity index (χ2v) is 6.63. The summed E-state index contributed by atoms with van der Waals surface area (Å²) in [6.07, 6.45) is 4.38. The number of Topliss-reactive ketones (excluding diaryl/α,β-unsaturated/α-hetero) is 1. The molecular formula is C14H25NO. The molecule has 2 heteroatoms. The summed E-state index contributed by atoms with van der Waals surface area (Å²) in [5.74, 6) is 1.17. The molecule has 0 saturated heterocycles. The normalized spacial score (nSPS) is 44.4. The van der Waals surface area contributed by atoms with Crippen LogP contribution in [0.4, 0.5) is 0 Å². The Balaban J connectivity index is 2.23. The number of carbonyl (C=O) groups is 1. The predicted molar refractivity (Wildman–Crippen MR) is 66.3 cm³/mol. The van der Waals surface area contributed by atoms with Crippen LogP contribution in [0.1, 0.15) is 46.5 Å². The van der Waals surface area contributed by atoms with Crippen molar-refractivity contribution in [1.82, 2.24) is 4.90 Å². The van der Waals surface area contributed by atoms with Crippen molar-refractivity contribution in [2.45, 2.75) is 52.5 Å². The highest BCUT2D eigenvalue weighted by atomic mass is 16.1. The van der Waals surface area contributed by atoms with Gasteiger partial charge in [0.1, 0.15) is 5.78 Å². The summed E-state index contributed by atoms with van der Waals surface area (Å²) in [4.78, 5) is 14.4. The first-order valence-corrected chi connectivity index (χ1v) is 6.51. The number of carbonyl (C=O) groups excluding carboxylic acids is 1. The number of hydrogen-bond acceptors (Lipinski definition) is 2. The third-order valence-corrected chi connectivity index (χ3v) is 5.80. The van der Waals surface area contributed by atoms with E-state index in [0.717, 1.165) is 19.3 Å². The van der Waals surface area contributed by atoms with Gasteiger partial charge < -0.3 is 4.90 Å². The Morgan fingerprint density at radius 3 is 2.44 bits per heavy atom. The molecule has 0 N–H and O–H groups in total. The van der Waals surface area contributed by atoms with Crippen LogP contribution in [0.2, 0.25) is 0 Å². The van der Waals surface area contributed by atoms with Gasteiger partial charge >= 0.3 is 0 Å². The fraction of sp³-hybridized carbons (Fsp3) is 0.929. The fourth-order valence-electron chi connectivity index (χ4n) is 3.94. The van der Waals surface area contributed by atoms with E-state index in [1.54, 1.807) is 0 Å². The average molecular weight is 223 g/mol. The molecule has 0 aromatic rings. The van der Waals surface area contributed by atoms with E-state index in [1.807, 2.05) is 0 Å². The van der Waals surface area contributed by atoms with Crippen LogP contribution >= 0.6 is 0 Å². The summed E-state index contributed by atoms with van der Waals surface area (Å²) >= 11 is 0. The number of rotatable bonds is 3. The van der Waals surface area contributed by atoms with Crippen molar-refractivity contribution in [3.8, 4) is 0 Å². The molecule has 92 valence electrons. The first-order valence-electron chi connectivity index (χ1n) is 6.51. The molecule has 2 aliphatic rings. The molecule has 4 unspecified atom stereocenters. The molecule has 0 aromatic heterocycles. The molecule has 0 aromatic carbocycles. The highest BCUT2D eigenvalue weighted by molar-refractivity contribution is 5.89. The van der Waals surface area contributed by atoms with E-state index < -0.39 is 0 Å². The molecular weight excluding hydrogens is 198 g/mol. The quantitative estimate of drug-likeness (QED) is 0.733. The van der Waals surface area contributed by atoms with E-state index in [4.69, 9.17) is 0 Å². The van der Waals surface area contributed by atoms with Crippen LogP contribution in [-0.4, -0.2) is 30.8 Å². The molecule has 4 atom stereocenters. The number of hydrogen-bond donors (Lipinski definition) is 0. The van der Waals surface area contributed by atoms with Gasteiger partial charge in [0.2, 0.25) is 0 Å². The average Bonchev–Trinajstić information content (AvgIpc) is 2.52. The Kier molecular flexibility index (Phi) is 2.69. The van der Waals surface area contributed by atoms with Gasteiger partial charge in [-0.25, -0.2) is 0 Å². The Hall–Kier alpha value is -0.370. The lowest BCUT2D eigenvalue weighted by Gasteiger charge is -2.40. The zero-order chi connectivity index (χ0) is 12.1. The summed E-state index contributed by atoms with van der Waals surface area (Å²) in [5.41, 5.74) is 0.218. The van der Waals surface area contributed by atoms with Gasteiger partial charge in [-0.3, -0.25) is 4.79 Å². The standard InChI is InChI=1S/C14H25NO/c1-10(15(4)5)9-14(3)11-6-7-13(14,2)12(16)8-11/h10-11H,6-9H2,1-5H3. The Morgan fingerprint density at radius 2 is 2.06 bits per heavy atom. The molecule has 2 rings (SSSR count). The molecule has 2 saturated carbocycles. The Labute approximate surface area is 99.4 Å². The van der Waals surface area contributed by atoms with Crippen LogP contribution in [0.25, 0.3) is 0 Å². The van der Waals surface area contributed by atoms with Crippen LogP contribution in [0, 0.1) is 16.7 Å². The van der Waals surface area contributed by atoms with Gasteiger partial charge in [-0.05, 0) is 51.6 Å². The van der Waals surface area contributed by atoms with Gasteiger partial charge in [0.15, 0.2) is 0 Å². The summed E-state index contributed by atoms with van der Waals surface area (Å²) in [6, 6.07) is 0.566. The van der Waals surface area contributed by atoms with E-state index in [2.05, 4.69) is 39.8 Å². The van der Waals surface area contributed by atoms with Crippen molar-refractivity contribution in [3.05, 3.63) is 0 Å². The van der Waals surface area contributed by atoms with Gasteiger partial charge in [-0.15, -0.1) is 0 Å². The molecule has 0 heterocycles. The largest absolute Gasteiger partial charge is 0.307 e. The lowest BCUT2D eigenvalue weighted by atomic mass is 9.66. The minimum Gasteiger partial charge on any atom is -0.307 e. The first-order chi connectivity index (χ1) is 7.31. The van der Waals surface area contributed by atoms with Gasteiger partial charge in [-0.1, -0.05) is 13.8 Å². The zero-order valence-electron chi connectivity index (χ0n) is 11.3. The van der Waals surface area contributed by atoms with Crippen LogP contribution < -0.4 is 0 Å². The second-order valence-electron chi connectivity index (χ2n) is 6.63. The summed E-state index contributed by atoms with van der Waals surface area (Å²) in [6.45, 7) is 6.84. The molecule has 0 aliphatic heterocycles. The van der Waals surface area contributed by atoms with E-state index in [-0.39, 0.29) is 10.8 Å². The highest BCUT2D eigenvalue weighted by Gasteiger charge is 2.63. The summed E-state index contributed by atoms with van der Waals surface area (Å²) < 4.78 is 0. The monoisotopic (exact) mass is 223 g/mol. The smallest absolute Gasteiger partial charge is 0.139 e. The minimum atomic E-state index is -0.0259. The van der Waals surface area contributed by atoms with Crippen molar-refractivity contribution in [1.29, 1.82) is 0 Å². The van der Waals surface area contributed by atoms with Gasteiger partial charge in [0, 0.05) is 17.9 Å². The maximum absolute atomic E-state index is 12.1. The Morgan fingerprint density at radius 1 is 1.44 bits per heavy atom. The van der Waals surface area contributed by atoms with Crippen LogP contribution in [0.15, 0.2) is 0 Å². The van der Waals surface area contributed by atoms with E-state index in [1.165, 1.54) is 6.42 Å². The van der Waals surface area contributed by atoms with Crippen molar-refractivity contribution >= 4 is 5.78 Å². The lowest BCUT2D eigenvalue weighted by molar-refractivity contribution is -0.128. The highest BCUT2D eigenvalue weighted by Crippen LogP contribution is 2.65. The maximum Gasteiger partial charge on any atom is 0.139 e. The van der Waals surface area contributed by atoms with E-state index >= 15 is 0 Å². The van der Waals surface area contributed by atoms with E-state index in [0.29, 0.717) is 17.7 Å². The molecule has 2 aliphatic carbocycles. The minimum absolute atomic E-state index is 0.0259. The van der Waals surface area contributed by atoms with Crippen molar-refractivity contribution in [2.75, 3.05) is 14.1 Å². The first kappa shape index (κ1) is 12.1. The third-order valence-electron chi connectivity index (χ3n) is 5.80. The number of nitrogens with zero attached hydrogens (tertiary/aromatic N) is 1. The van der Waals surface area contributed by atoms with Gasteiger partial charge in [0.05, 0.1) is 0 Å². The topological polar surface area (TPSA) is 20.3 Å². The van der Waals surface area contributed by atoms with Crippen LogP contribution in [0.5, 0.6) is 0 Å². The number of ketones is 1. The second kappa shape index (κ2) is 3.56. The van der Waals surface area contributed by atoms with Gasteiger partial charge in [-0.2, -0.15) is 0 Å². The molecule has 0 radical (unpaired) electrons. The molecule has 2 nitrogen and oxygen atoms in total. The van der Waals surface area contributed by atoms with Gasteiger partial charge in [0.25, 0.3) is 0 Å². The molecule has 2 bridgehead atoms. The Bertz CT molecular complexity index is 312. The summed E-state index contributed by atoms with van der Waals surface area (Å²) in [5, 5.41) is 0. The van der Waals surface area contributed by atoms with Crippen molar-refractivity contribution in [2.24, 2.45) is 16.7 Å². The molecule has 16 heavy (non-hydrogen) atoms. The molecule has 2 fully saturated rings. The number of fused-ring (bicyclic) bond motifs is 2. The van der Waals surface area contributed by atoms with Crippen LogP contribution in [-0.2, 0) is 4.79 Å². The summed E-state index contributed by atoms with van der Waals surface area (Å²) in [7, 11) is 4.27. The zero-order valence-corrected chi connectivity index (χ0v) is 11.3. The van der Waals surface area contributed by atoms with Crippen molar-refractivity contribution in [3.63, 3.8) is 0 Å². The van der Waals surface area contributed by atoms with E-state index in [9.17, 15) is 4.79 Å². The maximum atomic E-state index is 12.1. The lowest BCUT2D eigenvalue weighted by Crippen LogP contribution is -2.40. The molecule has 0 spiro atoms. The molecule has 0 amide bonds. The third kappa shape index (κ3) is 1.38. The van der Waals surface area contributed by atoms with Crippen LogP contribution in [0.3, 0.4) is 0 Å². The SMILES string of the molecule is CC(CC1(C)C2CCC1(C)C(=O)C2)N(C)C. The predicted octanol–water partition coefficient (Wildman–Crippen LogP) is 2.72. The fourth-order valence-corrected chi connectivity index (χ4v) is 3.94. The van der Waals surface area contributed by atoms with Crippen molar-refractivity contribution < 1.29 is 4.79 Å².